The van der Waals surface area contributed by atoms with Crippen molar-refractivity contribution in [1.82, 2.24) is 9.80 Å². The molecule has 2 bridgehead atoms. The smallest absolute Gasteiger partial charge is 0.241 e. The van der Waals surface area contributed by atoms with Crippen LogP contribution in [0.4, 0.5) is 5.69 Å². The van der Waals surface area contributed by atoms with Gasteiger partial charge in [-0.05, 0) is 49.1 Å². The van der Waals surface area contributed by atoms with Crippen LogP contribution in [0.2, 0.25) is 0 Å². The van der Waals surface area contributed by atoms with Crippen LogP contribution in [-0.4, -0.2) is 60.4 Å². The number of hydrogen-bond acceptors (Lipinski definition) is 3. The number of carbonyl (C=O) groups excluding carboxylic acids is 2. The second-order valence-corrected chi connectivity index (χ2v) is 8.49. The van der Waals surface area contributed by atoms with Gasteiger partial charge < -0.3 is 9.80 Å². The third-order valence-electron chi connectivity index (χ3n) is 6.80. The number of anilines is 1. The van der Waals surface area contributed by atoms with Gasteiger partial charge in [-0.3, -0.25) is 14.5 Å². The number of benzene rings is 1. The molecule has 1 aromatic carbocycles. The molecular formula is C21H27N3O2. The van der Waals surface area contributed by atoms with Crippen LogP contribution < -0.4 is 4.90 Å². The van der Waals surface area contributed by atoms with E-state index in [9.17, 15) is 9.59 Å². The molecule has 3 fully saturated rings. The second kappa shape index (κ2) is 6.38. The molecule has 3 saturated heterocycles. The van der Waals surface area contributed by atoms with E-state index < -0.39 is 0 Å². The van der Waals surface area contributed by atoms with E-state index >= 15 is 0 Å². The maximum absolute atomic E-state index is 13.0. The van der Waals surface area contributed by atoms with Gasteiger partial charge in [0.1, 0.15) is 0 Å². The van der Waals surface area contributed by atoms with E-state index in [1.807, 2.05) is 11.0 Å². The third-order valence-corrected chi connectivity index (χ3v) is 6.80. The van der Waals surface area contributed by atoms with Crippen molar-refractivity contribution in [1.29, 1.82) is 0 Å². The van der Waals surface area contributed by atoms with Gasteiger partial charge in [0, 0.05) is 44.3 Å². The van der Waals surface area contributed by atoms with Crippen molar-refractivity contribution >= 4 is 17.5 Å². The molecule has 0 aromatic heterocycles. The van der Waals surface area contributed by atoms with Crippen LogP contribution in [0.1, 0.15) is 31.2 Å². The molecule has 0 unspecified atom stereocenters. The number of fused-ring (bicyclic) bond motifs is 5. The number of hydrogen-bond donors (Lipinski definition) is 0. The molecule has 138 valence electrons. The fourth-order valence-corrected chi connectivity index (χ4v) is 5.72. The SMILES string of the molecule is O=C(CN1C[C@H]2C[C@H](C1)[C@H]1CCCC(=O)N1C2)N1CCc2ccccc21. The topological polar surface area (TPSA) is 43.9 Å². The molecule has 2 amide bonds. The number of piperidine rings is 3. The molecule has 4 aliphatic heterocycles. The molecule has 5 nitrogen and oxygen atoms in total. The first-order valence-electron chi connectivity index (χ1n) is 10.1. The van der Waals surface area contributed by atoms with Gasteiger partial charge in [0.25, 0.3) is 0 Å². The highest BCUT2D eigenvalue weighted by Gasteiger charge is 2.44. The zero-order valence-electron chi connectivity index (χ0n) is 15.3. The Kier molecular flexibility index (Phi) is 4.00. The van der Waals surface area contributed by atoms with Crippen molar-refractivity contribution < 1.29 is 9.59 Å². The standard InChI is InChI=1S/C21H27N3O2/c25-20-7-3-6-19-17-10-15(12-24(19)20)11-22(13-17)14-21(26)23-9-8-16-4-1-2-5-18(16)23/h1-2,4-5,15,17,19H,3,6-14H2/t15-,17-,19-/m1/s1. The fourth-order valence-electron chi connectivity index (χ4n) is 5.72. The lowest BCUT2D eigenvalue weighted by atomic mass is 9.76. The maximum Gasteiger partial charge on any atom is 0.241 e. The summed E-state index contributed by atoms with van der Waals surface area (Å²) in [4.78, 5) is 31.7. The van der Waals surface area contributed by atoms with E-state index in [1.165, 1.54) is 12.0 Å². The fraction of sp³-hybridized carbons (Fsp3) is 0.619. The van der Waals surface area contributed by atoms with Gasteiger partial charge in [-0.1, -0.05) is 18.2 Å². The van der Waals surface area contributed by atoms with Crippen LogP contribution >= 0.6 is 0 Å². The Morgan fingerprint density at radius 2 is 2.00 bits per heavy atom. The second-order valence-electron chi connectivity index (χ2n) is 8.49. The highest BCUT2D eigenvalue weighted by atomic mass is 16.2. The Morgan fingerprint density at radius 1 is 1.12 bits per heavy atom. The normalized spacial score (nSPS) is 30.9. The van der Waals surface area contributed by atoms with Crippen LogP contribution in [0.15, 0.2) is 24.3 Å². The van der Waals surface area contributed by atoms with Crippen LogP contribution in [0.3, 0.4) is 0 Å². The monoisotopic (exact) mass is 353 g/mol. The Bertz CT molecular complexity index is 734. The average molecular weight is 353 g/mol. The van der Waals surface area contributed by atoms with E-state index in [1.54, 1.807) is 0 Å². The summed E-state index contributed by atoms with van der Waals surface area (Å²) in [5.74, 6) is 1.66. The molecule has 1 aromatic rings. The van der Waals surface area contributed by atoms with Crippen LogP contribution in [0.5, 0.6) is 0 Å². The first-order valence-corrected chi connectivity index (χ1v) is 10.1. The molecule has 5 heteroatoms. The zero-order chi connectivity index (χ0) is 17.7. The van der Waals surface area contributed by atoms with Gasteiger partial charge in [0.05, 0.1) is 6.54 Å². The summed E-state index contributed by atoms with van der Waals surface area (Å²) in [5, 5.41) is 0. The third kappa shape index (κ3) is 2.73. The Morgan fingerprint density at radius 3 is 2.92 bits per heavy atom. The lowest BCUT2D eigenvalue weighted by molar-refractivity contribution is -0.145. The molecule has 0 spiro atoms. The summed E-state index contributed by atoms with van der Waals surface area (Å²) < 4.78 is 0. The van der Waals surface area contributed by atoms with E-state index in [4.69, 9.17) is 0 Å². The van der Waals surface area contributed by atoms with Crippen molar-refractivity contribution in [3.05, 3.63) is 29.8 Å². The van der Waals surface area contributed by atoms with E-state index in [-0.39, 0.29) is 5.91 Å². The minimum atomic E-state index is 0.228. The molecule has 0 saturated carbocycles. The van der Waals surface area contributed by atoms with Gasteiger partial charge in [-0.25, -0.2) is 0 Å². The summed E-state index contributed by atoms with van der Waals surface area (Å²) in [7, 11) is 0. The summed E-state index contributed by atoms with van der Waals surface area (Å²) in [6, 6.07) is 8.68. The number of rotatable bonds is 2. The van der Waals surface area contributed by atoms with Gasteiger partial charge in [0.2, 0.25) is 11.8 Å². The number of likely N-dealkylation sites (tertiary alicyclic amines) is 1. The minimum absolute atomic E-state index is 0.228. The quantitative estimate of drug-likeness (QED) is 0.816. The Labute approximate surface area is 154 Å². The highest BCUT2D eigenvalue weighted by Crippen LogP contribution is 2.38. The van der Waals surface area contributed by atoms with Crippen LogP contribution in [0.25, 0.3) is 0 Å². The lowest BCUT2D eigenvalue weighted by Gasteiger charge is -2.52. The number of amides is 2. The van der Waals surface area contributed by atoms with E-state index in [2.05, 4.69) is 28.0 Å². The first kappa shape index (κ1) is 16.3. The minimum Gasteiger partial charge on any atom is -0.339 e. The van der Waals surface area contributed by atoms with Gasteiger partial charge in [0.15, 0.2) is 0 Å². The number of carbonyl (C=O) groups is 2. The van der Waals surface area contributed by atoms with Crippen molar-refractivity contribution in [3.63, 3.8) is 0 Å². The molecule has 3 atom stereocenters. The highest BCUT2D eigenvalue weighted by molar-refractivity contribution is 5.96. The largest absolute Gasteiger partial charge is 0.339 e. The van der Waals surface area contributed by atoms with Crippen molar-refractivity contribution in [3.8, 4) is 0 Å². The zero-order valence-corrected chi connectivity index (χ0v) is 15.3. The van der Waals surface area contributed by atoms with E-state index in [0.29, 0.717) is 30.3 Å². The molecule has 0 aliphatic carbocycles. The number of nitrogens with zero attached hydrogens (tertiary/aromatic N) is 3. The lowest BCUT2D eigenvalue weighted by Crippen LogP contribution is -2.61. The average Bonchev–Trinajstić information content (AvgIpc) is 3.07. The maximum atomic E-state index is 13.0. The molecule has 26 heavy (non-hydrogen) atoms. The molecule has 0 N–H and O–H groups in total. The molecule has 0 radical (unpaired) electrons. The van der Waals surface area contributed by atoms with Gasteiger partial charge in [-0.2, -0.15) is 0 Å². The molecule has 4 aliphatic rings. The predicted octanol–water partition coefficient (Wildman–Crippen LogP) is 1.91. The Balaban J connectivity index is 1.27. The number of para-hydroxylation sites is 1. The molecule has 4 heterocycles. The molecule has 5 rings (SSSR count). The summed E-state index contributed by atoms with van der Waals surface area (Å²) in [6.07, 6.45) is 5.10. The van der Waals surface area contributed by atoms with Crippen molar-refractivity contribution in [2.24, 2.45) is 11.8 Å². The van der Waals surface area contributed by atoms with Crippen LogP contribution in [0, 0.1) is 11.8 Å². The summed E-state index contributed by atoms with van der Waals surface area (Å²) in [6.45, 7) is 4.14. The van der Waals surface area contributed by atoms with Crippen molar-refractivity contribution in [2.75, 3.05) is 37.6 Å². The summed E-state index contributed by atoms with van der Waals surface area (Å²) >= 11 is 0. The predicted molar refractivity (Wildman–Crippen MR) is 99.9 cm³/mol. The summed E-state index contributed by atoms with van der Waals surface area (Å²) in [5.41, 5.74) is 2.38. The molecular weight excluding hydrogens is 326 g/mol. The van der Waals surface area contributed by atoms with Crippen LogP contribution in [-0.2, 0) is 16.0 Å². The first-order chi connectivity index (χ1) is 12.7. The van der Waals surface area contributed by atoms with Gasteiger partial charge >= 0.3 is 0 Å². The Hall–Kier alpha value is -1.88. The van der Waals surface area contributed by atoms with Gasteiger partial charge in [-0.15, -0.1) is 0 Å². The van der Waals surface area contributed by atoms with Crippen molar-refractivity contribution in [2.45, 2.75) is 38.1 Å². The van der Waals surface area contributed by atoms with E-state index in [0.717, 1.165) is 57.5 Å².